The first-order valence-electron chi connectivity index (χ1n) is 4.27. The van der Waals surface area contributed by atoms with Crippen molar-refractivity contribution in [1.29, 1.82) is 0 Å². The number of hydrogen-bond donors (Lipinski definition) is 0. The molecule has 0 N–H and O–H groups in total. The third-order valence-electron chi connectivity index (χ3n) is 1.93. The summed E-state index contributed by atoms with van der Waals surface area (Å²) in [6.07, 6.45) is 3.77. The van der Waals surface area contributed by atoms with E-state index in [4.69, 9.17) is 4.74 Å². The standard InChI is InChI=1S/C11H10O2/c12-9-6-7-11(8-9)13-10-4-2-1-3-5-10/h1-7,11H,8H2. The van der Waals surface area contributed by atoms with Gasteiger partial charge in [0, 0.05) is 0 Å². The summed E-state index contributed by atoms with van der Waals surface area (Å²) in [5, 5.41) is 0. The number of hydrogen-bond acceptors (Lipinski definition) is 2. The Morgan fingerprint density at radius 2 is 2.00 bits per heavy atom. The summed E-state index contributed by atoms with van der Waals surface area (Å²) in [5.74, 6) is 0.952. The van der Waals surface area contributed by atoms with Crippen LogP contribution in [-0.2, 0) is 4.79 Å². The number of allylic oxidation sites excluding steroid dienone is 1. The molecule has 0 heterocycles. The van der Waals surface area contributed by atoms with Gasteiger partial charge in [-0.05, 0) is 24.3 Å². The highest BCUT2D eigenvalue weighted by atomic mass is 16.5. The Kier molecular flexibility index (Phi) is 2.13. The number of para-hydroxylation sites is 1. The Morgan fingerprint density at radius 1 is 1.23 bits per heavy atom. The molecule has 1 atom stereocenters. The molecule has 0 bridgehead atoms. The molecule has 1 unspecified atom stereocenters. The SMILES string of the molecule is O=C1C=CC(Oc2ccccc2)C1. The number of rotatable bonds is 2. The van der Waals surface area contributed by atoms with Crippen LogP contribution in [0.2, 0.25) is 0 Å². The molecule has 0 spiro atoms. The smallest absolute Gasteiger partial charge is 0.159 e. The summed E-state index contributed by atoms with van der Waals surface area (Å²) in [5.41, 5.74) is 0. The van der Waals surface area contributed by atoms with Gasteiger partial charge in [0.1, 0.15) is 11.9 Å². The molecule has 13 heavy (non-hydrogen) atoms. The van der Waals surface area contributed by atoms with Gasteiger partial charge < -0.3 is 4.74 Å². The number of carbonyl (C=O) groups excluding carboxylic acids is 1. The lowest BCUT2D eigenvalue weighted by Gasteiger charge is -2.10. The predicted octanol–water partition coefficient (Wildman–Crippen LogP) is 1.96. The molecular formula is C11H10O2. The van der Waals surface area contributed by atoms with E-state index in [1.54, 1.807) is 12.2 Å². The van der Waals surface area contributed by atoms with E-state index >= 15 is 0 Å². The van der Waals surface area contributed by atoms with Crippen molar-refractivity contribution < 1.29 is 9.53 Å². The molecule has 0 fully saturated rings. The van der Waals surface area contributed by atoms with E-state index in [0.29, 0.717) is 6.42 Å². The first kappa shape index (κ1) is 8.05. The van der Waals surface area contributed by atoms with Crippen molar-refractivity contribution >= 4 is 5.78 Å². The second-order valence-electron chi connectivity index (χ2n) is 3.00. The van der Waals surface area contributed by atoms with Gasteiger partial charge in [-0.1, -0.05) is 18.2 Å². The third-order valence-corrected chi connectivity index (χ3v) is 1.93. The zero-order chi connectivity index (χ0) is 9.10. The molecule has 66 valence electrons. The molecule has 2 heteroatoms. The molecule has 1 aliphatic rings. The van der Waals surface area contributed by atoms with Gasteiger partial charge in [0.2, 0.25) is 0 Å². The van der Waals surface area contributed by atoms with E-state index in [9.17, 15) is 4.79 Å². The Morgan fingerprint density at radius 3 is 2.62 bits per heavy atom. The van der Waals surface area contributed by atoms with Crippen LogP contribution in [0.5, 0.6) is 5.75 Å². The van der Waals surface area contributed by atoms with Gasteiger partial charge in [-0.3, -0.25) is 4.79 Å². The fourth-order valence-electron chi connectivity index (χ4n) is 1.30. The zero-order valence-corrected chi connectivity index (χ0v) is 7.14. The van der Waals surface area contributed by atoms with Gasteiger partial charge in [0.25, 0.3) is 0 Å². The lowest BCUT2D eigenvalue weighted by Crippen LogP contribution is -2.11. The third kappa shape index (κ3) is 1.96. The maximum atomic E-state index is 10.9. The first-order chi connectivity index (χ1) is 6.34. The van der Waals surface area contributed by atoms with Crippen molar-refractivity contribution in [1.82, 2.24) is 0 Å². The van der Waals surface area contributed by atoms with Crippen LogP contribution in [0.25, 0.3) is 0 Å². The van der Waals surface area contributed by atoms with Crippen molar-refractivity contribution in [2.24, 2.45) is 0 Å². The molecule has 0 saturated heterocycles. The lowest BCUT2D eigenvalue weighted by atomic mass is 10.3. The summed E-state index contributed by atoms with van der Waals surface area (Å²) >= 11 is 0. The van der Waals surface area contributed by atoms with Gasteiger partial charge in [-0.25, -0.2) is 0 Å². The first-order valence-corrected chi connectivity index (χ1v) is 4.27. The number of ether oxygens (including phenoxy) is 1. The lowest BCUT2D eigenvalue weighted by molar-refractivity contribution is -0.114. The van der Waals surface area contributed by atoms with Crippen LogP contribution in [0.1, 0.15) is 6.42 Å². The molecule has 1 aliphatic carbocycles. The number of ketones is 1. The van der Waals surface area contributed by atoms with Gasteiger partial charge >= 0.3 is 0 Å². The number of carbonyl (C=O) groups is 1. The molecule has 2 nitrogen and oxygen atoms in total. The summed E-state index contributed by atoms with van der Waals surface area (Å²) < 4.78 is 5.54. The fourth-order valence-corrected chi connectivity index (χ4v) is 1.30. The van der Waals surface area contributed by atoms with E-state index in [0.717, 1.165) is 5.75 Å². The summed E-state index contributed by atoms with van der Waals surface area (Å²) in [6, 6.07) is 9.53. The predicted molar refractivity (Wildman–Crippen MR) is 49.6 cm³/mol. The van der Waals surface area contributed by atoms with E-state index in [2.05, 4.69) is 0 Å². The maximum absolute atomic E-state index is 10.9. The molecule has 1 aromatic rings. The average Bonchev–Trinajstić information content (AvgIpc) is 2.53. The van der Waals surface area contributed by atoms with Crippen molar-refractivity contribution in [2.75, 3.05) is 0 Å². The highest BCUT2D eigenvalue weighted by Gasteiger charge is 2.16. The number of benzene rings is 1. The van der Waals surface area contributed by atoms with Gasteiger partial charge in [0.05, 0.1) is 6.42 Å². The van der Waals surface area contributed by atoms with Crippen LogP contribution >= 0.6 is 0 Å². The van der Waals surface area contributed by atoms with Crippen molar-refractivity contribution in [2.45, 2.75) is 12.5 Å². The molecule has 0 saturated carbocycles. The van der Waals surface area contributed by atoms with Crippen LogP contribution in [0.3, 0.4) is 0 Å². The molecular weight excluding hydrogens is 164 g/mol. The van der Waals surface area contributed by atoms with Crippen LogP contribution in [0.4, 0.5) is 0 Å². The van der Waals surface area contributed by atoms with Crippen LogP contribution in [0.15, 0.2) is 42.5 Å². The average molecular weight is 174 g/mol. The molecule has 0 aliphatic heterocycles. The van der Waals surface area contributed by atoms with Crippen LogP contribution in [0, 0.1) is 0 Å². The van der Waals surface area contributed by atoms with Crippen molar-refractivity contribution in [3.8, 4) is 5.75 Å². The second kappa shape index (κ2) is 3.44. The Bertz CT molecular complexity index is 327. The van der Waals surface area contributed by atoms with Crippen LogP contribution in [-0.4, -0.2) is 11.9 Å². The van der Waals surface area contributed by atoms with Gasteiger partial charge in [-0.15, -0.1) is 0 Å². The van der Waals surface area contributed by atoms with Crippen molar-refractivity contribution in [3.63, 3.8) is 0 Å². The van der Waals surface area contributed by atoms with E-state index in [1.165, 1.54) is 0 Å². The quantitative estimate of drug-likeness (QED) is 0.685. The van der Waals surface area contributed by atoms with Gasteiger partial charge in [0.15, 0.2) is 5.78 Å². The molecule has 0 radical (unpaired) electrons. The van der Waals surface area contributed by atoms with E-state index in [1.807, 2.05) is 30.3 Å². The van der Waals surface area contributed by atoms with E-state index in [-0.39, 0.29) is 11.9 Å². The Hall–Kier alpha value is -1.57. The normalized spacial score (nSPS) is 20.6. The molecule has 2 rings (SSSR count). The monoisotopic (exact) mass is 174 g/mol. The van der Waals surface area contributed by atoms with Crippen molar-refractivity contribution in [3.05, 3.63) is 42.5 Å². The molecule has 0 amide bonds. The highest BCUT2D eigenvalue weighted by Crippen LogP contribution is 2.16. The minimum Gasteiger partial charge on any atom is -0.486 e. The molecule has 0 aromatic heterocycles. The fraction of sp³-hybridized carbons (Fsp3) is 0.182. The molecule has 1 aromatic carbocycles. The zero-order valence-electron chi connectivity index (χ0n) is 7.14. The van der Waals surface area contributed by atoms with Crippen LogP contribution < -0.4 is 4.74 Å². The topological polar surface area (TPSA) is 26.3 Å². The minimum atomic E-state index is -0.0742. The summed E-state index contributed by atoms with van der Waals surface area (Å²) in [6.45, 7) is 0. The Labute approximate surface area is 76.8 Å². The Balaban J connectivity index is 2.00. The van der Waals surface area contributed by atoms with Gasteiger partial charge in [-0.2, -0.15) is 0 Å². The maximum Gasteiger partial charge on any atom is 0.159 e. The minimum absolute atomic E-state index is 0.0742. The second-order valence-corrected chi connectivity index (χ2v) is 3.00. The highest BCUT2D eigenvalue weighted by molar-refractivity contribution is 5.92. The summed E-state index contributed by atoms with van der Waals surface area (Å²) in [4.78, 5) is 10.9. The van der Waals surface area contributed by atoms with E-state index < -0.39 is 0 Å². The summed E-state index contributed by atoms with van der Waals surface area (Å²) in [7, 11) is 0. The largest absolute Gasteiger partial charge is 0.486 e.